The molecule has 2 aromatic carbocycles. The van der Waals surface area contributed by atoms with Crippen LogP contribution in [0.2, 0.25) is 0 Å². The Balaban J connectivity index is 1.57. The van der Waals surface area contributed by atoms with Gasteiger partial charge >= 0.3 is 0 Å². The third kappa shape index (κ3) is 4.56. The van der Waals surface area contributed by atoms with Crippen LogP contribution in [-0.2, 0) is 28.4 Å². The van der Waals surface area contributed by atoms with E-state index in [1.54, 1.807) is 31.3 Å². The van der Waals surface area contributed by atoms with Gasteiger partial charge < -0.3 is 9.88 Å². The Labute approximate surface area is 184 Å². The fourth-order valence-corrected chi connectivity index (χ4v) is 5.31. The third-order valence-electron chi connectivity index (χ3n) is 5.59. The predicted molar refractivity (Wildman–Crippen MR) is 113 cm³/mol. The Kier molecular flexibility index (Phi) is 6.07. The topological polar surface area (TPSA) is 84.3 Å². The molecule has 0 bridgehead atoms. The maximum Gasteiger partial charge on any atom is 0.262 e. The summed E-state index contributed by atoms with van der Waals surface area (Å²) in [6.45, 7) is 0.216. The fourth-order valence-electron chi connectivity index (χ4n) is 3.85. The van der Waals surface area contributed by atoms with E-state index in [0.29, 0.717) is 11.1 Å². The van der Waals surface area contributed by atoms with E-state index >= 15 is 0 Å². The number of nitrogens with one attached hydrogen (secondary N) is 1. The van der Waals surface area contributed by atoms with Gasteiger partial charge in [0.1, 0.15) is 11.6 Å². The highest BCUT2D eigenvalue weighted by molar-refractivity contribution is 7.89. The van der Waals surface area contributed by atoms with Crippen LogP contribution in [0.25, 0.3) is 0 Å². The smallest absolute Gasteiger partial charge is 0.262 e. The summed E-state index contributed by atoms with van der Waals surface area (Å²) >= 11 is 0. The maximum absolute atomic E-state index is 13.4. The van der Waals surface area contributed by atoms with E-state index in [-0.39, 0.29) is 36.4 Å². The Hall–Kier alpha value is -3.11. The molecule has 2 atom stereocenters. The minimum atomic E-state index is -3.90. The standard InChI is InChI=1S/C22H22F2N4O3S/c1-27-13-21(26-14-27)32(30,31)28-11-19(16-4-8-18(24)9-5-16)20(12-28)22(29)25-10-15-2-6-17(23)7-3-15/h2-9,13-14,19-20H,10-12H2,1H3,(H,25,29)/t19-,20+/m0/s1. The molecule has 0 saturated carbocycles. The van der Waals surface area contributed by atoms with E-state index in [2.05, 4.69) is 10.3 Å². The van der Waals surface area contributed by atoms with Crippen molar-refractivity contribution in [1.82, 2.24) is 19.2 Å². The lowest BCUT2D eigenvalue weighted by Crippen LogP contribution is -2.35. The number of rotatable bonds is 6. The monoisotopic (exact) mass is 460 g/mol. The van der Waals surface area contributed by atoms with Crippen molar-refractivity contribution in [3.63, 3.8) is 0 Å². The second-order valence-electron chi connectivity index (χ2n) is 7.81. The van der Waals surface area contributed by atoms with Crippen LogP contribution in [0.4, 0.5) is 8.78 Å². The molecule has 168 valence electrons. The van der Waals surface area contributed by atoms with Gasteiger partial charge in [-0.2, -0.15) is 4.31 Å². The minimum absolute atomic E-state index is 0.0315. The van der Waals surface area contributed by atoms with E-state index in [9.17, 15) is 22.0 Å². The molecule has 0 spiro atoms. The lowest BCUT2D eigenvalue weighted by Gasteiger charge is -2.18. The number of imidazole rings is 1. The van der Waals surface area contributed by atoms with Gasteiger partial charge in [-0.25, -0.2) is 22.2 Å². The number of hydrogen-bond acceptors (Lipinski definition) is 4. The van der Waals surface area contributed by atoms with Crippen molar-refractivity contribution < 1.29 is 22.0 Å². The minimum Gasteiger partial charge on any atom is -0.352 e. The first-order valence-corrected chi connectivity index (χ1v) is 11.4. The van der Waals surface area contributed by atoms with Gasteiger partial charge in [-0.1, -0.05) is 24.3 Å². The molecule has 1 aliphatic rings. The van der Waals surface area contributed by atoms with Gasteiger partial charge in [0.15, 0.2) is 5.03 Å². The third-order valence-corrected chi connectivity index (χ3v) is 7.30. The van der Waals surface area contributed by atoms with Crippen LogP contribution in [0.3, 0.4) is 0 Å². The van der Waals surface area contributed by atoms with Crippen LogP contribution >= 0.6 is 0 Å². The molecule has 1 aliphatic heterocycles. The number of carbonyl (C=O) groups excluding carboxylic acids is 1. The van der Waals surface area contributed by atoms with E-state index in [4.69, 9.17) is 0 Å². The van der Waals surface area contributed by atoms with Crippen molar-refractivity contribution in [1.29, 1.82) is 0 Å². The second-order valence-corrected chi connectivity index (χ2v) is 9.69. The Bertz CT molecular complexity index is 1210. The summed E-state index contributed by atoms with van der Waals surface area (Å²) in [5.41, 5.74) is 1.39. The summed E-state index contributed by atoms with van der Waals surface area (Å²) < 4.78 is 55.5. The first kappa shape index (κ1) is 22.1. The Morgan fingerprint density at radius 2 is 1.69 bits per heavy atom. The SMILES string of the molecule is Cn1cnc(S(=O)(=O)N2C[C@@H](C(=O)NCc3ccc(F)cc3)[C@H](c3ccc(F)cc3)C2)c1. The maximum atomic E-state index is 13.4. The van der Waals surface area contributed by atoms with E-state index in [1.165, 1.54) is 45.7 Å². The quantitative estimate of drug-likeness (QED) is 0.612. The first-order chi connectivity index (χ1) is 15.2. The van der Waals surface area contributed by atoms with Crippen LogP contribution in [0.15, 0.2) is 66.1 Å². The van der Waals surface area contributed by atoms with Crippen LogP contribution in [0.1, 0.15) is 17.0 Å². The molecule has 32 heavy (non-hydrogen) atoms. The molecule has 4 rings (SSSR count). The predicted octanol–water partition coefficient (Wildman–Crippen LogP) is 2.42. The first-order valence-electron chi connectivity index (χ1n) is 10.00. The number of nitrogens with zero attached hydrogens (tertiary/aromatic N) is 3. The van der Waals surface area contributed by atoms with E-state index < -0.39 is 27.7 Å². The van der Waals surface area contributed by atoms with Crippen molar-refractivity contribution in [2.45, 2.75) is 17.5 Å². The molecular formula is C22H22F2N4O3S. The number of carbonyl (C=O) groups is 1. The zero-order valence-corrected chi connectivity index (χ0v) is 18.1. The zero-order valence-electron chi connectivity index (χ0n) is 17.3. The number of amides is 1. The lowest BCUT2D eigenvalue weighted by molar-refractivity contribution is -0.125. The number of aromatic nitrogens is 2. The molecule has 10 heteroatoms. The highest BCUT2D eigenvalue weighted by Gasteiger charge is 2.44. The average Bonchev–Trinajstić information content (AvgIpc) is 3.41. The van der Waals surface area contributed by atoms with Gasteiger partial charge in [0.05, 0.1) is 12.2 Å². The van der Waals surface area contributed by atoms with Crippen LogP contribution in [0.5, 0.6) is 0 Å². The van der Waals surface area contributed by atoms with Crippen LogP contribution in [-0.4, -0.2) is 41.3 Å². The largest absolute Gasteiger partial charge is 0.352 e. The number of halogens is 2. The molecule has 3 aromatic rings. The summed E-state index contributed by atoms with van der Waals surface area (Å²) in [6, 6.07) is 11.5. The molecule has 1 aromatic heterocycles. The van der Waals surface area contributed by atoms with E-state index in [0.717, 1.165) is 0 Å². The van der Waals surface area contributed by atoms with Crippen molar-refractivity contribution in [2.24, 2.45) is 13.0 Å². The number of sulfonamides is 1. The van der Waals surface area contributed by atoms with Gasteiger partial charge in [-0.05, 0) is 35.4 Å². The van der Waals surface area contributed by atoms with Gasteiger partial charge in [0, 0.05) is 38.8 Å². The van der Waals surface area contributed by atoms with Gasteiger partial charge in [0.2, 0.25) is 5.91 Å². The summed E-state index contributed by atoms with van der Waals surface area (Å²) in [5, 5.41) is 2.72. The molecule has 0 unspecified atom stereocenters. The molecule has 0 radical (unpaired) electrons. The summed E-state index contributed by atoms with van der Waals surface area (Å²) in [5.74, 6) is -2.26. The fraction of sp³-hybridized carbons (Fsp3) is 0.273. The lowest BCUT2D eigenvalue weighted by atomic mass is 9.88. The summed E-state index contributed by atoms with van der Waals surface area (Å²) in [4.78, 5) is 17.0. The normalized spacial score (nSPS) is 19.2. The van der Waals surface area contributed by atoms with Crippen molar-refractivity contribution in [3.8, 4) is 0 Å². The number of aryl methyl sites for hydroxylation is 1. The second kappa shape index (κ2) is 8.79. The zero-order chi connectivity index (χ0) is 22.9. The molecule has 7 nitrogen and oxygen atoms in total. The van der Waals surface area contributed by atoms with Crippen molar-refractivity contribution in [3.05, 3.63) is 83.8 Å². The molecule has 0 aliphatic carbocycles. The summed E-state index contributed by atoms with van der Waals surface area (Å²) in [6.07, 6.45) is 2.80. The van der Waals surface area contributed by atoms with Crippen molar-refractivity contribution >= 4 is 15.9 Å². The molecule has 1 N–H and O–H groups in total. The molecular weight excluding hydrogens is 438 g/mol. The average molecular weight is 461 g/mol. The number of benzene rings is 2. The van der Waals surface area contributed by atoms with Gasteiger partial charge in [0.25, 0.3) is 10.0 Å². The van der Waals surface area contributed by atoms with Crippen molar-refractivity contribution in [2.75, 3.05) is 13.1 Å². The van der Waals surface area contributed by atoms with Gasteiger partial charge in [-0.15, -0.1) is 0 Å². The Morgan fingerprint density at radius 1 is 1.06 bits per heavy atom. The molecule has 1 amide bonds. The molecule has 1 fully saturated rings. The van der Waals surface area contributed by atoms with Crippen LogP contribution in [0, 0.1) is 17.6 Å². The highest BCUT2D eigenvalue weighted by atomic mass is 32.2. The number of hydrogen-bond donors (Lipinski definition) is 1. The van der Waals surface area contributed by atoms with Crippen LogP contribution < -0.4 is 5.32 Å². The molecule has 1 saturated heterocycles. The molecule has 2 heterocycles. The summed E-state index contributed by atoms with van der Waals surface area (Å²) in [7, 11) is -2.23. The Morgan fingerprint density at radius 3 is 2.28 bits per heavy atom. The highest BCUT2D eigenvalue weighted by Crippen LogP contribution is 2.35. The van der Waals surface area contributed by atoms with Gasteiger partial charge in [-0.3, -0.25) is 4.79 Å². The van der Waals surface area contributed by atoms with E-state index in [1.807, 2.05) is 0 Å².